The summed E-state index contributed by atoms with van der Waals surface area (Å²) in [6, 6.07) is 4.64. The van der Waals surface area contributed by atoms with Gasteiger partial charge in [-0.25, -0.2) is 4.39 Å². The van der Waals surface area contributed by atoms with Crippen LogP contribution in [0.4, 0.5) is 4.39 Å². The van der Waals surface area contributed by atoms with Gasteiger partial charge < -0.3 is 9.47 Å². The van der Waals surface area contributed by atoms with Crippen LogP contribution in [0.25, 0.3) is 0 Å². The third-order valence-corrected chi connectivity index (χ3v) is 2.56. The maximum absolute atomic E-state index is 13.8. The number of methoxy groups -OCH3 is 1. The van der Waals surface area contributed by atoms with E-state index in [2.05, 4.69) is 0 Å². The fourth-order valence-corrected chi connectivity index (χ4v) is 1.63. The molecule has 0 N–H and O–H groups in total. The van der Waals surface area contributed by atoms with Crippen LogP contribution in [0.1, 0.15) is 25.3 Å². The number of halogens is 1. The van der Waals surface area contributed by atoms with Crippen LogP contribution in [0.3, 0.4) is 0 Å². The molecule has 104 valence electrons. The van der Waals surface area contributed by atoms with Gasteiger partial charge in [0.2, 0.25) is 0 Å². The lowest BCUT2D eigenvalue weighted by Crippen LogP contribution is -2.10. The standard InChI is InChI=1S/C14H17FO4/c1-3-19-13(17)8-7-11(16)9-10-5-4-6-12(18-2)14(10)15/h4-6H,3,7-9H2,1-2H3. The molecule has 1 aromatic rings. The predicted molar refractivity (Wildman–Crippen MR) is 67.5 cm³/mol. The molecule has 4 nitrogen and oxygen atoms in total. The first-order chi connectivity index (χ1) is 9.08. The number of ether oxygens (including phenoxy) is 2. The van der Waals surface area contributed by atoms with E-state index in [0.717, 1.165) is 0 Å². The number of Topliss-reactive ketones (excluding diaryl/α,β-unsaturated/α-hetero) is 1. The van der Waals surface area contributed by atoms with Crippen LogP contribution in [0.15, 0.2) is 18.2 Å². The Morgan fingerprint density at radius 2 is 2.00 bits per heavy atom. The maximum Gasteiger partial charge on any atom is 0.306 e. The highest BCUT2D eigenvalue weighted by Crippen LogP contribution is 2.20. The van der Waals surface area contributed by atoms with E-state index in [1.54, 1.807) is 13.0 Å². The maximum atomic E-state index is 13.8. The van der Waals surface area contributed by atoms with E-state index in [-0.39, 0.29) is 43.0 Å². The lowest BCUT2D eigenvalue weighted by atomic mass is 10.0. The Hall–Kier alpha value is -1.91. The first-order valence-corrected chi connectivity index (χ1v) is 6.07. The quantitative estimate of drug-likeness (QED) is 0.712. The molecule has 0 atom stereocenters. The summed E-state index contributed by atoms with van der Waals surface area (Å²) in [5, 5.41) is 0. The molecule has 0 aliphatic carbocycles. The number of ketones is 1. The van der Waals surface area contributed by atoms with Gasteiger partial charge in [0.1, 0.15) is 5.78 Å². The first-order valence-electron chi connectivity index (χ1n) is 6.07. The molecule has 0 aromatic heterocycles. The number of carbonyl (C=O) groups is 2. The largest absolute Gasteiger partial charge is 0.494 e. The first kappa shape index (κ1) is 15.1. The van der Waals surface area contributed by atoms with Gasteiger partial charge in [0.05, 0.1) is 20.1 Å². The number of hydrogen-bond donors (Lipinski definition) is 0. The predicted octanol–water partition coefficient (Wildman–Crippen LogP) is 2.29. The zero-order valence-electron chi connectivity index (χ0n) is 11.1. The van der Waals surface area contributed by atoms with Crippen molar-refractivity contribution in [2.24, 2.45) is 0 Å². The SMILES string of the molecule is CCOC(=O)CCC(=O)Cc1cccc(OC)c1F. The van der Waals surface area contributed by atoms with E-state index >= 15 is 0 Å². The van der Waals surface area contributed by atoms with Gasteiger partial charge in [-0.2, -0.15) is 0 Å². The van der Waals surface area contributed by atoms with Gasteiger partial charge in [-0.05, 0) is 18.6 Å². The van der Waals surface area contributed by atoms with Crippen molar-refractivity contribution in [3.63, 3.8) is 0 Å². The minimum atomic E-state index is -0.533. The molecule has 0 heterocycles. The van der Waals surface area contributed by atoms with E-state index in [4.69, 9.17) is 9.47 Å². The second-order valence-electron chi connectivity index (χ2n) is 3.95. The van der Waals surface area contributed by atoms with E-state index in [9.17, 15) is 14.0 Å². The highest BCUT2D eigenvalue weighted by atomic mass is 19.1. The molecule has 0 radical (unpaired) electrons. The van der Waals surface area contributed by atoms with Gasteiger partial charge >= 0.3 is 5.97 Å². The fraction of sp³-hybridized carbons (Fsp3) is 0.429. The van der Waals surface area contributed by atoms with Gasteiger partial charge in [0.15, 0.2) is 11.6 Å². The van der Waals surface area contributed by atoms with Crippen LogP contribution >= 0.6 is 0 Å². The van der Waals surface area contributed by atoms with E-state index < -0.39 is 11.8 Å². The molecule has 0 amide bonds. The smallest absolute Gasteiger partial charge is 0.306 e. The van der Waals surface area contributed by atoms with Crippen LogP contribution in [-0.2, 0) is 20.7 Å². The van der Waals surface area contributed by atoms with Crippen molar-refractivity contribution in [1.29, 1.82) is 0 Å². The summed E-state index contributed by atoms with van der Waals surface area (Å²) >= 11 is 0. The number of rotatable bonds is 7. The summed E-state index contributed by atoms with van der Waals surface area (Å²) in [6.07, 6.45) is 0.0240. The average Bonchev–Trinajstić information content (AvgIpc) is 2.39. The van der Waals surface area contributed by atoms with Crippen molar-refractivity contribution in [3.8, 4) is 5.75 Å². The van der Waals surface area contributed by atoms with Crippen molar-refractivity contribution >= 4 is 11.8 Å². The van der Waals surface area contributed by atoms with E-state index in [1.807, 2.05) is 0 Å². The average molecular weight is 268 g/mol. The topological polar surface area (TPSA) is 52.6 Å². The molecule has 0 aliphatic heterocycles. The number of benzene rings is 1. The molecule has 0 unspecified atom stereocenters. The normalized spacial score (nSPS) is 10.1. The van der Waals surface area contributed by atoms with Gasteiger partial charge in [0.25, 0.3) is 0 Å². The molecule has 0 aliphatic rings. The Labute approximate surface area is 111 Å². The van der Waals surface area contributed by atoms with Crippen LogP contribution < -0.4 is 4.74 Å². The lowest BCUT2D eigenvalue weighted by molar-refractivity contribution is -0.144. The van der Waals surface area contributed by atoms with Crippen molar-refractivity contribution in [1.82, 2.24) is 0 Å². The van der Waals surface area contributed by atoms with E-state index in [1.165, 1.54) is 19.2 Å². The summed E-state index contributed by atoms with van der Waals surface area (Å²) in [5.41, 5.74) is 0.271. The summed E-state index contributed by atoms with van der Waals surface area (Å²) in [4.78, 5) is 22.8. The second-order valence-corrected chi connectivity index (χ2v) is 3.95. The number of hydrogen-bond acceptors (Lipinski definition) is 4. The minimum Gasteiger partial charge on any atom is -0.494 e. The van der Waals surface area contributed by atoms with Gasteiger partial charge in [-0.3, -0.25) is 9.59 Å². The zero-order chi connectivity index (χ0) is 14.3. The molecule has 5 heteroatoms. The Morgan fingerprint density at radius 3 is 2.63 bits per heavy atom. The van der Waals surface area contributed by atoms with Crippen LogP contribution in [0, 0.1) is 5.82 Å². The molecule has 0 spiro atoms. The van der Waals surface area contributed by atoms with Gasteiger partial charge in [-0.1, -0.05) is 12.1 Å². The Balaban J connectivity index is 2.55. The summed E-state index contributed by atoms with van der Waals surface area (Å²) in [6.45, 7) is 1.99. The summed E-state index contributed by atoms with van der Waals surface area (Å²) in [5.74, 6) is -1.05. The Kier molecular flexibility index (Phi) is 5.99. The van der Waals surface area contributed by atoms with Crippen LogP contribution in [0.2, 0.25) is 0 Å². The highest BCUT2D eigenvalue weighted by Gasteiger charge is 2.13. The molecule has 0 fully saturated rings. The minimum absolute atomic E-state index is 0.0261. The summed E-state index contributed by atoms with van der Waals surface area (Å²) in [7, 11) is 1.37. The Bertz CT molecular complexity index is 457. The molecular formula is C14H17FO4. The monoisotopic (exact) mass is 268 g/mol. The van der Waals surface area contributed by atoms with Crippen LogP contribution in [-0.4, -0.2) is 25.5 Å². The lowest BCUT2D eigenvalue weighted by Gasteiger charge is -2.06. The Morgan fingerprint density at radius 1 is 1.26 bits per heavy atom. The molecule has 0 saturated heterocycles. The molecular weight excluding hydrogens is 251 g/mol. The second kappa shape index (κ2) is 7.51. The van der Waals surface area contributed by atoms with Crippen molar-refractivity contribution in [2.45, 2.75) is 26.2 Å². The third-order valence-electron chi connectivity index (χ3n) is 2.56. The molecule has 1 rings (SSSR count). The van der Waals surface area contributed by atoms with Gasteiger partial charge in [-0.15, -0.1) is 0 Å². The molecule has 1 aromatic carbocycles. The van der Waals surface area contributed by atoms with Gasteiger partial charge in [0, 0.05) is 12.8 Å². The van der Waals surface area contributed by atoms with Crippen molar-refractivity contribution in [3.05, 3.63) is 29.6 Å². The fourth-order valence-electron chi connectivity index (χ4n) is 1.63. The van der Waals surface area contributed by atoms with Crippen molar-refractivity contribution < 1.29 is 23.5 Å². The van der Waals surface area contributed by atoms with Crippen LogP contribution in [0.5, 0.6) is 5.75 Å². The third kappa shape index (κ3) is 4.69. The van der Waals surface area contributed by atoms with E-state index in [0.29, 0.717) is 0 Å². The molecule has 0 bridgehead atoms. The summed E-state index contributed by atoms with van der Waals surface area (Å²) < 4.78 is 23.3. The van der Waals surface area contributed by atoms with Crippen molar-refractivity contribution in [2.75, 3.05) is 13.7 Å². The number of carbonyl (C=O) groups excluding carboxylic acids is 2. The zero-order valence-corrected chi connectivity index (χ0v) is 11.1. The highest BCUT2D eigenvalue weighted by molar-refractivity contribution is 5.84. The number of esters is 1. The molecule has 0 saturated carbocycles. The molecule has 19 heavy (non-hydrogen) atoms.